The molecule has 2 rings (SSSR count). The van der Waals surface area contributed by atoms with Crippen LogP contribution in [0.2, 0.25) is 5.02 Å². The van der Waals surface area contributed by atoms with Gasteiger partial charge in [-0.1, -0.05) is 11.6 Å². The van der Waals surface area contributed by atoms with Crippen LogP contribution in [-0.2, 0) is 9.53 Å². The van der Waals surface area contributed by atoms with E-state index in [4.69, 9.17) is 22.1 Å². The topological polar surface area (TPSA) is 81.4 Å². The highest BCUT2D eigenvalue weighted by Crippen LogP contribution is 2.23. The van der Waals surface area contributed by atoms with Gasteiger partial charge in [-0.15, -0.1) is 0 Å². The van der Waals surface area contributed by atoms with Crippen molar-refractivity contribution in [1.29, 1.82) is 0 Å². The predicted octanol–water partition coefficient (Wildman–Crippen LogP) is 1.55. The van der Waals surface area contributed by atoms with Crippen LogP contribution in [-0.4, -0.2) is 24.0 Å². The molecule has 0 aromatic heterocycles. The number of anilines is 1. The lowest BCUT2D eigenvalue weighted by atomic mass is 10.1. The van der Waals surface area contributed by atoms with Gasteiger partial charge < -0.3 is 15.8 Å². The van der Waals surface area contributed by atoms with Crippen LogP contribution in [0.1, 0.15) is 23.7 Å². The van der Waals surface area contributed by atoms with Gasteiger partial charge in [0.05, 0.1) is 10.6 Å². The van der Waals surface area contributed by atoms with Crippen molar-refractivity contribution in [2.45, 2.75) is 25.5 Å². The molecule has 1 saturated heterocycles. The summed E-state index contributed by atoms with van der Waals surface area (Å²) in [6, 6.07) is 4.38. The van der Waals surface area contributed by atoms with Gasteiger partial charge >= 0.3 is 5.97 Å². The van der Waals surface area contributed by atoms with Gasteiger partial charge in [0.15, 0.2) is 0 Å². The van der Waals surface area contributed by atoms with E-state index in [1.54, 1.807) is 12.1 Å². The molecule has 6 heteroatoms. The number of esters is 1. The monoisotopic (exact) mass is 268 g/mol. The number of ether oxygens (including phenoxy) is 1. The molecule has 18 heavy (non-hydrogen) atoms. The molecule has 0 saturated carbocycles. The van der Waals surface area contributed by atoms with Crippen molar-refractivity contribution in [1.82, 2.24) is 0 Å². The quantitative estimate of drug-likeness (QED) is 0.815. The number of amides is 1. The van der Waals surface area contributed by atoms with Gasteiger partial charge in [-0.2, -0.15) is 0 Å². The molecule has 1 aromatic carbocycles. The van der Waals surface area contributed by atoms with E-state index in [2.05, 4.69) is 5.32 Å². The number of nitrogens with one attached hydrogen (secondary N) is 1. The fourth-order valence-electron chi connectivity index (χ4n) is 1.88. The number of halogens is 1. The van der Waals surface area contributed by atoms with Crippen LogP contribution in [0.3, 0.4) is 0 Å². The van der Waals surface area contributed by atoms with Crippen LogP contribution in [0.25, 0.3) is 0 Å². The van der Waals surface area contributed by atoms with Gasteiger partial charge in [0.2, 0.25) is 5.91 Å². The highest BCUT2D eigenvalue weighted by Gasteiger charge is 2.31. The Hall–Kier alpha value is -1.75. The summed E-state index contributed by atoms with van der Waals surface area (Å²) in [7, 11) is 0. The number of primary amides is 1. The molecule has 1 aromatic rings. The van der Waals surface area contributed by atoms with E-state index in [9.17, 15) is 9.59 Å². The Labute approximate surface area is 109 Å². The van der Waals surface area contributed by atoms with E-state index in [-0.39, 0.29) is 22.7 Å². The smallest absolute Gasteiger partial charge is 0.328 e. The van der Waals surface area contributed by atoms with Crippen molar-refractivity contribution < 1.29 is 14.3 Å². The fourth-order valence-corrected chi connectivity index (χ4v) is 2.09. The third-order valence-corrected chi connectivity index (χ3v) is 3.07. The molecule has 2 atom stereocenters. The molecule has 1 heterocycles. The molecule has 1 fully saturated rings. The SMILES string of the molecule is C[C@@H]1C[C@H](Nc2ccc(Cl)c(C(N)=O)c2)C(=O)O1. The highest BCUT2D eigenvalue weighted by molar-refractivity contribution is 6.33. The normalized spacial score (nSPS) is 22.7. The number of benzene rings is 1. The van der Waals surface area contributed by atoms with Crippen LogP contribution < -0.4 is 11.1 Å². The lowest BCUT2D eigenvalue weighted by Crippen LogP contribution is -2.24. The van der Waals surface area contributed by atoms with E-state index in [0.29, 0.717) is 12.1 Å². The summed E-state index contributed by atoms with van der Waals surface area (Å²) in [6.07, 6.45) is 0.491. The molecule has 5 nitrogen and oxygen atoms in total. The van der Waals surface area contributed by atoms with E-state index in [0.717, 1.165) is 0 Å². The second kappa shape index (κ2) is 4.86. The summed E-state index contributed by atoms with van der Waals surface area (Å²) in [5.41, 5.74) is 6.04. The zero-order chi connectivity index (χ0) is 13.3. The average Bonchev–Trinajstić information content (AvgIpc) is 2.60. The Morgan fingerprint density at radius 1 is 1.56 bits per heavy atom. The molecular weight excluding hydrogens is 256 g/mol. The van der Waals surface area contributed by atoms with E-state index < -0.39 is 11.9 Å². The molecular formula is C12H13ClN2O3. The minimum absolute atomic E-state index is 0.0992. The first-order valence-electron chi connectivity index (χ1n) is 5.53. The molecule has 0 unspecified atom stereocenters. The maximum atomic E-state index is 11.5. The number of hydrogen-bond acceptors (Lipinski definition) is 4. The Morgan fingerprint density at radius 2 is 2.28 bits per heavy atom. The van der Waals surface area contributed by atoms with Crippen LogP contribution in [0.4, 0.5) is 5.69 Å². The van der Waals surface area contributed by atoms with Crippen LogP contribution in [0, 0.1) is 0 Å². The Balaban J connectivity index is 2.17. The summed E-state index contributed by atoms with van der Waals surface area (Å²) in [5, 5.41) is 3.29. The van der Waals surface area contributed by atoms with Gasteiger partial charge in [0.25, 0.3) is 0 Å². The van der Waals surface area contributed by atoms with Crippen molar-refractivity contribution in [2.75, 3.05) is 5.32 Å². The summed E-state index contributed by atoms with van der Waals surface area (Å²) >= 11 is 5.84. The molecule has 0 bridgehead atoms. The molecule has 1 aliphatic rings. The molecule has 0 radical (unpaired) electrons. The number of carbonyl (C=O) groups is 2. The average molecular weight is 269 g/mol. The largest absolute Gasteiger partial charge is 0.461 e. The molecule has 1 aliphatic heterocycles. The molecule has 0 aliphatic carbocycles. The van der Waals surface area contributed by atoms with E-state index in [1.807, 2.05) is 6.92 Å². The zero-order valence-corrected chi connectivity index (χ0v) is 10.5. The van der Waals surface area contributed by atoms with Crippen molar-refractivity contribution >= 4 is 29.2 Å². The fraction of sp³-hybridized carbons (Fsp3) is 0.333. The second-order valence-corrected chi connectivity index (χ2v) is 4.65. The van der Waals surface area contributed by atoms with Crippen molar-refractivity contribution in [2.24, 2.45) is 5.73 Å². The van der Waals surface area contributed by atoms with Gasteiger partial charge in [0.1, 0.15) is 12.1 Å². The molecule has 0 spiro atoms. The third kappa shape index (κ3) is 2.56. The van der Waals surface area contributed by atoms with Crippen molar-refractivity contribution in [3.8, 4) is 0 Å². The predicted molar refractivity (Wildman–Crippen MR) is 67.6 cm³/mol. The molecule has 3 N–H and O–H groups in total. The summed E-state index contributed by atoms with van der Waals surface area (Å²) in [5.74, 6) is -0.899. The standard InChI is InChI=1S/C12H13ClN2O3/c1-6-4-10(12(17)18-6)15-7-2-3-9(13)8(5-7)11(14)16/h2-3,5-6,10,15H,4H2,1H3,(H2,14,16)/t6-,10+/m1/s1. The van der Waals surface area contributed by atoms with Crippen LogP contribution >= 0.6 is 11.6 Å². The number of carbonyl (C=O) groups excluding carboxylic acids is 2. The summed E-state index contributed by atoms with van der Waals surface area (Å²) in [6.45, 7) is 1.83. The number of rotatable bonds is 3. The van der Waals surface area contributed by atoms with Gasteiger partial charge in [-0.3, -0.25) is 4.79 Å². The van der Waals surface area contributed by atoms with Gasteiger partial charge in [-0.25, -0.2) is 4.79 Å². The third-order valence-electron chi connectivity index (χ3n) is 2.74. The number of nitrogens with two attached hydrogens (primary N) is 1. The van der Waals surface area contributed by atoms with Crippen LogP contribution in [0.15, 0.2) is 18.2 Å². The zero-order valence-electron chi connectivity index (χ0n) is 9.77. The van der Waals surface area contributed by atoms with Crippen molar-refractivity contribution in [3.63, 3.8) is 0 Å². The lowest BCUT2D eigenvalue weighted by Gasteiger charge is -2.11. The maximum absolute atomic E-state index is 11.5. The van der Waals surface area contributed by atoms with Crippen molar-refractivity contribution in [3.05, 3.63) is 28.8 Å². The minimum Gasteiger partial charge on any atom is -0.461 e. The Morgan fingerprint density at radius 3 is 2.83 bits per heavy atom. The molecule has 96 valence electrons. The maximum Gasteiger partial charge on any atom is 0.328 e. The minimum atomic E-state index is -0.606. The van der Waals surface area contributed by atoms with E-state index in [1.165, 1.54) is 6.07 Å². The lowest BCUT2D eigenvalue weighted by molar-refractivity contribution is -0.141. The first kappa shape index (κ1) is 12.7. The number of cyclic esters (lactones) is 1. The molecule has 1 amide bonds. The van der Waals surface area contributed by atoms with Crippen LogP contribution in [0.5, 0.6) is 0 Å². The first-order chi connectivity index (χ1) is 8.47. The highest BCUT2D eigenvalue weighted by atomic mass is 35.5. The van der Waals surface area contributed by atoms with Gasteiger partial charge in [0, 0.05) is 12.1 Å². The Kier molecular flexibility index (Phi) is 3.43. The van der Waals surface area contributed by atoms with E-state index >= 15 is 0 Å². The first-order valence-corrected chi connectivity index (χ1v) is 5.91. The van der Waals surface area contributed by atoms with Gasteiger partial charge in [-0.05, 0) is 25.1 Å². The summed E-state index contributed by atoms with van der Waals surface area (Å²) < 4.78 is 5.03. The summed E-state index contributed by atoms with van der Waals surface area (Å²) in [4.78, 5) is 22.6. The number of hydrogen-bond donors (Lipinski definition) is 2. The second-order valence-electron chi connectivity index (χ2n) is 4.24. The Bertz CT molecular complexity index is 504.